The quantitative estimate of drug-likeness (QED) is 0.395. The van der Waals surface area contributed by atoms with Crippen molar-refractivity contribution in [3.05, 3.63) is 30.6 Å². The first kappa shape index (κ1) is 12.2. The lowest BCUT2D eigenvalue weighted by atomic mass is 10.3. The van der Waals surface area contributed by atoms with Gasteiger partial charge in [-0.1, -0.05) is 6.07 Å². The van der Waals surface area contributed by atoms with Crippen molar-refractivity contribution >= 4 is 17.2 Å². The molecule has 9 heteroatoms. The van der Waals surface area contributed by atoms with Crippen LogP contribution in [0.4, 0.5) is 5.69 Å². The number of aromatic nitrogens is 4. The third-order valence-electron chi connectivity index (χ3n) is 2.12. The number of tetrazole rings is 1. The second-order valence-electron chi connectivity index (χ2n) is 3.40. The first-order valence-corrected chi connectivity index (χ1v) is 5.12. The SMILES string of the molecule is N#C/C(=N\Nc1cccc(-n2cnnn2)c1)C(=N)N. The molecule has 0 aliphatic carbocycles. The molecule has 0 radical (unpaired) electrons. The number of nitriles is 1. The maximum absolute atomic E-state index is 8.71. The molecular weight excluding hydrogens is 246 g/mol. The summed E-state index contributed by atoms with van der Waals surface area (Å²) in [7, 11) is 0. The minimum Gasteiger partial charge on any atom is -0.382 e. The Kier molecular flexibility index (Phi) is 3.44. The number of hydrazone groups is 1. The lowest BCUT2D eigenvalue weighted by Gasteiger charge is -2.04. The van der Waals surface area contributed by atoms with E-state index in [4.69, 9.17) is 16.4 Å². The summed E-state index contributed by atoms with van der Waals surface area (Å²) in [4.78, 5) is 0. The topological polar surface area (TPSA) is 142 Å². The van der Waals surface area contributed by atoms with Crippen LogP contribution < -0.4 is 11.2 Å². The van der Waals surface area contributed by atoms with E-state index < -0.39 is 5.84 Å². The van der Waals surface area contributed by atoms with E-state index in [1.54, 1.807) is 30.3 Å². The van der Waals surface area contributed by atoms with Crippen LogP contribution in [0.1, 0.15) is 0 Å². The fourth-order valence-electron chi connectivity index (χ4n) is 1.26. The molecule has 0 aliphatic heterocycles. The Balaban J connectivity index is 2.21. The molecule has 1 heterocycles. The summed E-state index contributed by atoms with van der Waals surface area (Å²) in [6, 6.07) is 8.77. The minimum atomic E-state index is -0.397. The molecule has 0 bridgehead atoms. The Morgan fingerprint density at radius 1 is 1.53 bits per heavy atom. The highest BCUT2D eigenvalue weighted by atomic mass is 15.5. The lowest BCUT2D eigenvalue weighted by Crippen LogP contribution is -2.21. The van der Waals surface area contributed by atoms with Gasteiger partial charge in [-0.05, 0) is 28.6 Å². The van der Waals surface area contributed by atoms with E-state index in [2.05, 4.69) is 26.1 Å². The maximum Gasteiger partial charge on any atom is 0.201 e. The van der Waals surface area contributed by atoms with Gasteiger partial charge in [0.25, 0.3) is 0 Å². The summed E-state index contributed by atoms with van der Waals surface area (Å²) in [6.45, 7) is 0. The van der Waals surface area contributed by atoms with Crippen molar-refractivity contribution in [2.45, 2.75) is 0 Å². The summed E-state index contributed by atoms with van der Waals surface area (Å²) < 4.78 is 1.48. The zero-order chi connectivity index (χ0) is 13.7. The highest BCUT2D eigenvalue weighted by molar-refractivity contribution is 6.45. The van der Waals surface area contributed by atoms with Crippen molar-refractivity contribution in [1.29, 1.82) is 10.7 Å². The number of benzene rings is 1. The first-order chi connectivity index (χ1) is 9.20. The molecule has 0 saturated heterocycles. The van der Waals surface area contributed by atoms with Crippen LogP contribution in [0.2, 0.25) is 0 Å². The molecule has 0 spiro atoms. The summed E-state index contributed by atoms with van der Waals surface area (Å²) >= 11 is 0. The molecule has 19 heavy (non-hydrogen) atoms. The summed E-state index contributed by atoms with van der Waals surface area (Å²) in [5.74, 6) is -0.397. The van der Waals surface area contributed by atoms with Gasteiger partial charge in [-0.3, -0.25) is 10.8 Å². The minimum absolute atomic E-state index is 0.187. The number of anilines is 1. The van der Waals surface area contributed by atoms with Crippen LogP contribution >= 0.6 is 0 Å². The second kappa shape index (κ2) is 5.37. The Hall–Kier alpha value is -3.28. The van der Waals surface area contributed by atoms with Gasteiger partial charge in [-0.25, -0.2) is 4.68 Å². The Bertz CT molecular complexity index is 650. The molecular formula is C10H9N9. The van der Waals surface area contributed by atoms with E-state index in [0.29, 0.717) is 5.69 Å². The molecule has 94 valence electrons. The molecule has 0 atom stereocenters. The number of hydrogen-bond donors (Lipinski definition) is 3. The average Bonchev–Trinajstić information content (AvgIpc) is 2.93. The lowest BCUT2D eigenvalue weighted by molar-refractivity contribution is 0.789. The zero-order valence-corrected chi connectivity index (χ0v) is 9.65. The van der Waals surface area contributed by atoms with E-state index in [0.717, 1.165) is 5.69 Å². The molecule has 9 nitrogen and oxygen atoms in total. The molecule has 0 amide bonds. The van der Waals surface area contributed by atoms with Gasteiger partial charge in [-0.2, -0.15) is 10.4 Å². The van der Waals surface area contributed by atoms with Crippen molar-refractivity contribution in [2.24, 2.45) is 10.8 Å². The number of amidine groups is 1. The molecule has 4 N–H and O–H groups in total. The van der Waals surface area contributed by atoms with Crippen LogP contribution in [0, 0.1) is 16.7 Å². The highest BCUT2D eigenvalue weighted by Gasteiger charge is 2.02. The van der Waals surface area contributed by atoms with Gasteiger partial charge in [-0.15, -0.1) is 5.10 Å². The second-order valence-corrected chi connectivity index (χ2v) is 3.40. The van der Waals surface area contributed by atoms with Gasteiger partial charge in [0.2, 0.25) is 5.71 Å². The van der Waals surface area contributed by atoms with Crippen LogP contribution in [-0.4, -0.2) is 31.8 Å². The third kappa shape index (κ3) is 2.89. The van der Waals surface area contributed by atoms with E-state index >= 15 is 0 Å². The molecule has 1 aromatic heterocycles. The Labute approximate surface area is 107 Å². The van der Waals surface area contributed by atoms with Crippen LogP contribution in [-0.2, 0) is 0 Å². The van der Waals surface area contributed by atoms with Crippen molar-refractivity contribution in [3.8, 4) is 11.8 Å². The number of nitrogens with zero attached hydrogens (tertiary/aromatic N) is 6. The summed E-state index contributed by atoms with van der Waals surface area (Å²) in [5.41, 5.74) is 8.97. The fraction of sp³-hybridized carbons (Fsp3) is 0. The molecule has 1 aromatic carbocycles. The van der Waals surface area contributed by atoms with Crippen molar-refractivity contribution < 1.29 is 0 Å². The van der Waals surface area contributed by atoms with Crippen molar-refractivity contribution in [1.82, 2.24) is 20.2 Å². The average molecular weight is 255 g/mol. The van der Waals surface area contributed by atoms with Crippen LogP contribution in [0.15, 0.2) is 35.7 Å². The van der Waals surface area contributed by atoms with E-state index in [-0.39, 0.29) is 5.71 Å². The van der Waals surface area contributed by atoms with E-state index in [1.807, 2.05) is 0 Å². The standard InChI is InChI=1S/C10H9N9/c11-5-9(10(12)13)16-15-7-2-1-3-8(4-7)19-6-14-17-18-19/h1-4,6,15H,(H3,12,13)/b16-9+. The van der Waals surface area contributed by atoms with Crippen LogP contribution in [0.3, 0.4) is 0 Å². The third-order valence-corrected chi connectivity index (χ3v) is 2.12. The molecule has 2 rings (SSSR count). The van der Waals surface area contributed by atoms with Gasteiger partial charge in [0.05, 0.1) is 11.4 Å². The number of nitrogens with one attached hydrogen (secondary N) is 2. The Morgan fingerprint density at radius 2 is 2.37 bits per heavy atom. The number of nitrogens with two attached hydrogens (primary N) is 1. The molecule has 0 saturated carbocycles. The Morgan fingerprint density at radius 3 is 3.00 bits per heavy atom. The van der Waals surface area contributed by atoms with E-state index in [9.17, 15) is 0 Å². The molecule has 0 fully saturated rings. The predicted molar refractivity (Wildman–Crippen MR) is 67.7 cm³/mol. The predicted octanol–water partition coefficient (Wildman–Crippen LogP) is -0.110. The largest absolute Gasteiger partial charge is 0.382 e. The summed E-state index contributed by atoms with van der Waals surface area (Å²) in [6.07, 6.45) is 1.46. The van der Waals surface area contributed by atoms with Crippen LogP contribution in [0.25, 0.3) is 5.69 Å². The monoisotopic (exact) mass is 255 g/mol. The number of hydrogen-bond acceptors (Lipinski definition) is 7. The smallest absolute Gasteiger partial charge is 0.201 e. The van der Waals surface area contributed by atoms with Crippen molar-refractivity contribution in [2.75, 3.05) is 5.43 Å². The zero-order valence-electron chi connectivity index (χ0n) is 9.65. The first-order valence-electron chi connectivity index (χ1n) is 5.12. The van der Waals surface area contributed by atoms with Crippen molar-refractivity contribution in [3.63, 3.8) is 0 Å². The maximum atomic E-state index is 8.71. The van der Waals surface area contributed by atoms with Gasteiger partial charge in [0.15, 0.2) is 5.84 Å². The van der Waals surface area contributed by atoms with Gasteiger partial charge < -0.3 is 5.73 Å². The molecule has 0 aliphatic rings. The molecule has 0 unspecified atom stereocenters. The van der Waals surface area contributed by atoms with Crippen LogP contribution in [0.5, 0.6) is 0 Å². The van der Waals surface area contributed by atoms with Gasteiger partial charge in [0.1, 0.15) is 12.4 Å². The molecule has 2 aromatic rings. The van der Waals surface area contributed by atoms with Gasteiger partial charge >= 0.3 is 0 Å². The van der Waals surface area contributed by atoms with Gasteiger partial charge in [0, 0.05) is 0 Å². The normalized spacial score (nSPS) is 10.8. The highest BCUT2D eigenvalue weighted by Crippen LogP contribution is 2.13. The fourth-order valence-corrected chi connectivity index (χ4v) is 1.26. The number of rotatable bonds is 4. The van der Waals surface area contributed by atoms with E-state index in [1.165, 1.54) is 11.0 Å². The summed E-state index contributed by atoms with van der Waals surface area (Å²) in [5, 5.41) is 30.4.